The molecule has 3 heterocycles. The lowest BCUT2D eigenvalue weighted by Gasteiger charge is -2.16. The maximum atomic E-state index is 13.6. The summed E-state index contributed by atoms with van der Waals surface area (Å²) in [5, 5.41) is 14.3. The van der Waals surface area contributed by atoms with Crippen molar-refractivity contribution in [3.63, 3.8) is 0 Å². The molecule has 0 saturated carbocycles. The van der Waals surface area contributed by atoms with Crippen molar-refractivity contribution in [1.82, 2.24) is 39.3 Å². The molecule has 11 heteroatoms. The fraction of sp³-hybridized carbons (Fsp3) is 0.333. The van der Waals surface area contributed by atoms with Gasteiger partial charge in [0.15, 0.2) is 17.0 Å². The molecule has 1 unspecified atom stereocenters. The quantitative estimate of drug-likeness (QED) is 0.320. The Labute approximate surface area is 218 Å². The number of ether oxygens (including phenoxy) is 1. The number of nitrogens with one attached hydrogen (secondary N) is 1. The van der Waals surface area contributed by atoms with E-state index in [1.807, 2.05) is 60.0 Å². The number of methoxy groups -OCH3 is 1. The Morgan fingerprint density at radius 2 is 1.74 bits per heavy atom. The largest absolute Gasteiger partial charge is 0.361 e. The molecule has 0 amide bonds. The van der Waals surface area contributed by atoms with Gasteiger partial charge in [0.05, 0.1) is 0 Å². The molecule has 1 N–H and O–H groups in total. The molecule has 0 aliphatic rings. The van der Waals surface area contributed by atoms with Crippen LogP contribution in [0.1, 0.15) is 44.8 Å². The van der Waals surface area contributed by atoms with E-state index < -0.39 is 17.5 Å². The first-order valence-electron chi connectivity index (χ1n) is 12.7. The zero-order valence-electron chi connectivity index (χ0n) is 21.9. The van der Waals surface area contributed by atoms with E-state index in [2.05, 4.69) is 27.5 Å². The number of aromatic nitrogens is 8. The summed E-state index contributed by atoms with van der Waals surface area (Å²) in [6.45, 7) is 6.46. The lowest BCUT2D eigenvalue weighted by molar-refractivity contribution is 0.0531. The number of benzene rings is 2. The second kappa shape index (κ2) is 10.5. The van der Waals surface area contributed by atoms with Gasteiger partial charge in [-0.05, 0) is 47.4 Å². The fourth-order valence-electron chi connectivity index (χ4n) is 4.79. The minimum atomic E-state index is -0.700. The number of hydrogen-bond donors (Lipinski definition) is 1. The van der Waals surface area contributed by atoms with Gasteiger partial charge in [-0.15, -0.1) is 5.10 Å². The van der Waals surface area contributed by atoms with E-state index in [1.54, 1.807) is 11.5 Å². The minimum Gasteiger partial charge on any atom is -0.361 e. The van der Waals surface area contributed by atoms with Crippen LogP contribution in [0.15, 0.2) is 58.1 Å². The van der Waals surface area contributed by atoms with Gasteiger partial charge in [-0.2, -0.15) is 0 Å². The topological polar surface area (TPSA) is 126 Å². The van der Waals surface area contributed by atoms with E-state index in [0.29, 0.717) is 36.5 Å². The lowest BCUT2D eigenvalue weighted by Crippen LogP contribution is -2.42. The second-order valence-corrected chi connectivity index (χ2v) is 9.07. The standard InChI is InChI=1S/C27H30N8O3/c1-5-9-22-28-25-23(26(36)35(17(3)38-4)27(37)33(25)6-2)34(22)16-18-12-14-19(15-13-18)20-10-7-8-11-21(20)24-29-31-32-30-24/h7-8,10-15,17H,5-6,9,16H2,1-4H3,(H,29,30,31,32). The van der Waals surface area contributed by atoms with Crippen molar-refractivity contribution < 1.29 is 4.74 Å². The predicted octanol–water partition coefficient (Wildman–Crippen LogP) is 3.39. The van der Waals surface area contributed by atoms with Gasteiger partial charge in [0.25, 0.3) is 5.56 Å². The predicted molar refractivity (Wildman–Crippen MR) is 144 cm³/mol. The summed E-state index contributed by atoms with van der Waals surface area (Å²) in [5.74, 6) is 1.37. The van der Waals surface area contributed by atoms with Crippen molar-refractivity contribution in [2.24, 2.45) is 0 Å². The molecular weight excluding hydrogens is 484 g/mol. The van der Waals surface area contributed by atoms with Crippen LogP contribution < -0.4 is 11.2 Å². The van der Waals surface area contributed by atoms with E-state index in [-0.39, 0.29) is 0 Å². The Morgan fingerprint density at radius 1 is 1.00 bits per heavy atom. The number of fused-ring (bicyclic) bond motifs is 1. The van der Waals surface area contributed by atoms with Crippen LogP contribution in [0.3, 0.4) is 0 Å². The smallest absolute Gasteiger partial charge is 0.334 e. The number of hydrogen-bond acceptors (Lipinski definition) is 7. The van der Waals surface area contributed by atoms with Gasteiger partial charge in [0.2, 0.25) is 0 Å². The van der Waals surface area contributed by atoms with Crippen LogP contribution >= 0.6 is 0 Å². The number of imidazole rings is 1. The molecule has 1 atom stereocenters. The van der Waals surface area contributed by atoms with Crippen molar-refractivity contribution in [1.29, 1.82) is 0 Å². The SMILES string of the molecule is CCCc1nc2c(c(=O)n(C(C)OC)c(=O)n2CC)n1Cc1ccc(-c2ccccc2-c2nnn[nH]2)cc1. The Kier molecular flexibility index (Phi) is 7.01. The molecule has 0 saturated heterocycles. The van der Waals surface area contributed by atoms with Gasteiger partial charge >= 0.3 is 5.69 Å². The summed E-state index contributed by atoms with van der Waals surface area (Å²) in [6, 6.07) is 16.1. The first-order valence-corrected chi connectivity index (χ1v) is 12.7. The molecule has 0 fully saturated rings. The monoisotopic (exact) mass is 514 g/mol. The number of aryl methyl sites for hydroxylation is 2. The molecule has 38 heavy (non-hydrogen) atoms. The van der Waals surface area contributed by atoms with E-state index in [9.17, 15) is 9.59 Å². The van der Waals surface area contributed by atoms with E-state index in [4.69, 9.17) is 9.72 Å². The highest BCUT2D eigenvalue weighted by Gasteiger charge is 2.23. The van der Waals surface area contributed by atoms with Crippen LogP contribution in [-0.2, 0) is 24.2 Å². The van der Waals surface area contributed by atoms with Crippen molar-refractivity contribution in [2.45, 2.75) is 52.9 Å². The van der Waals surface area contributed by atoms with E-state index in [1.165, 1.54) is 7.11 Å². The van der Waals surface area contributed by atoms with Crippen LogP contribution in [0.5, 0.6) is 0 Å². The highest BCUT2D eigenvalue weighted by molar-refractivity contribution is 5.80. The van der Waals surface area contributed by atoms with Gasteiger partial charge in [0.1, 0.15) is 12.1 Å². The molecule has 196 valence electrons. The third-order valence-electron chi connectivity index (χ3n) is 6.77. The maximum Gasteiger partial charge on any atom is 0.334 e. The van der Waals surface area contributed by atoms with Crippen LogP contribution in [0, 0.1) is 0 Å². The summed E-state index contributed by atoms with van der Waals surface area (Å²) in [4.78, 5) is 31.5. The Morgan fingerprint density at radius 3 is 2.37 bits per heavy atom. The molecule has 0 aliphatic carbocycles. The summed E-state index contributed by atoms with van der Waals surface area (Å²) in [5.41, 5.74) is 3.93. The zero-order valence-corrected chi connectivity index (χ0v) is 21.9. The van der Waals surface area contributed by atoms with Crippen molar-refractivity contribution in [2.75, 3.05) is 7.11 Å². The molecule has 0 radical (unpaired) electrons. The Hall–Kier alpha value is -4.38. The van der Waals surface area contributed by atoms with Crippen LogP contribution in [0.2, 0.25) is 0 Å². The maximum absolute atomic E-state index is 13.6. The average molecular weight is 515 g/mol. The number of aromatic amines is 1. The molecule has 0 aliphatic heterocycles. The normalized spacial score (nSPS) is 12.3. The molecular formula is C27H30N8O3. The first kappa shape index (κ1) is 25.3. The van der Waals surface area contributed by atoms with Gasteiger partial charge in [-0.3, -0.25) is 9.36 Å². The summed E-state index contributed by atoms with van der Waals surface area (Å²) >= 11 is 0. The van der Waals surface area contributed by atoms with Crippen molar-refractivity contribution >= 4 is 11.2 Å². The summed E-state index contributed by atoms with van der Waals surface area (Å²) in [6.07, 6.45) is 0.839. The molecule has 0 spiro atoms. The number of rotatable bonds is 9. The highest BCUT2D eigenvalue weighted by Crippen LogP contribution is 2.30. The first-order chi connectivity index (χ1) is 18.5. The second-order valence-electron chi connectivity index (χ2n) is 9.07. The van der Waals surface area contributed by atoms with Crippen LogP contribution in [0.25, 0.3) is 33.7 Å². The van der Waals surface area contributed by atoms with Gasteiger partial charge in [-0.1, -0.05) is 55.5 Å². The van der Waals surface area contributed by atoms with Gasteiger partial charge < -0.3 is 9.30 Å². The van der Waals surface area contributed by atoms with Crippen LogP contribution in [0.4, 0.5) is 0 Å². The average Bonchev–Trinajstić information content (AvgIpc) is 3.59. The fourth-order valence-corrected chi connectivity index (χ4v) is 4.79. The molecule has 11 nitrogen and oxygen atoms in total. The molecule has 2 aromatic carbocycles. The molecule has 5 aromatic rings. The molecule has 0 bridgehead atoms. The van der Waals surface area contributed by atoms with Gasteiger partial charge in [0, 0.05) is 32.2 Å². The molecule has 3 aromatic heterocycles. The third kappa shape index (κ3) is 4.34. The van der Waals surface area contributed by atoms with E-state index >= 15 is 0 Å². The number of H-pyrrole nitrogens is 1. The Bertz CT molecular complexity index is 1680. The highest BCUT2D eigenvalue weighted by atomic mass is 16.5. The summed E-state index contributed by atoms with van der Waals surface area (Å²) in [7, 11) is 1.48. The van der Waals surface area contributed by atoms with Crippen molar-refractivity contribution in [3.05, 3.63) is 80.8 Å². The van der Waals surface area contributed by atoms with Crippen molar-refractivity contribution in [3.8, 4) is 22.5 Å². The molecule has 5 rings (SSSR count). The number of tetrazole rings is 1. The lowest BCUT2D eigenvalue weighted by atomic mass is 9.98. The van der Waals surface area contributed by atoms with Gasteiger partial charge in [-0.25, -0.2) is 19.4 Å². The van der Waals surface area contributed by atoms with E-state index in [0.717, 1.165) is 39.1 Å². The summed E-state index contributed by atoms with van der Waals surface area (Å²) < 4.78 is 10.0. The third-order valence-corrected chi connectivity index (χ3v) is 6.77. The van der Waals surface area contributed by atoms with Crippen LogP contribution in [-0.4, -0.2) is 46.4 Å². The zero-order chi connectivity index (χ0) is 26.8. The Balaban J connectivity index is 1.60. The minimum absolute atomic E-state index is 0.392. The number of nitrogens with zero attached hydrogens (tertiary/aromatic N) is 7.